The summed E-state index contributed by atoms with van der Waals surface area (Å²) in [7, 11) is 3.58. The fourth-order valence-corrected chi connectivity index (χ4v) is 1.58. The molecule has 0 aliphatic carbocycles. The third-order valence-electron chi connectivity index (χ3n) is 2.16. The van der Waals surface area contributed by atoms with Crippen LogP contribution in [0.4, 0.5) is 0 Å². The van der Waals surface area contributed by atoms with E-state index < -0.39 is 0 Å². The van der Waals surface area contributed by atoms with Crippen LogP contribution in [0.3, 0.4) is 0 Å². The van der Waals surface area contributed by atoms with E-state index in [0.29, 0.717) is 6.54 Å². The maximum absolute atomic E-state index is 5.30. The molecule has 0 saturated carbocycles. The third kappa shape index (κ3) is 3.00. The molecule has 0 aliphatic rings. The van der Waals surface area contributed by atoms with Crippen molar-refractivity contribution >= 4 is 0 Å². The maximum Gasteiger partial charge on any atom is 0.124 e. The molecule has 1 aromatic carbocycles. The van der Waals surface area contributed by atoms with Crippen LogP contribution in [0, 0.1) is 25.7 Å². The molecule has 0 bridgehead atoms. The zero-order valence-corrected chi connectivity index (χ0v) is 9.77. The molecule has 80 valence electrons. The average molecular weight is 203 g/mol. The molecule has 15 heavy (non-hydrogen) atoms. The van der Waals surface area contributed by atoms with Gasteiger partial charge in [0.2, 0.25) is 0 Å². The Morgan fingerprint density at radius 1 is 1.27 bits per heavy atom. The number of benzene rings is 1. The normalized spacial score (nSPS) is 9.33. The van der Waals surface area contributed by atoms with E-state index in [1.165, 1.54) is 0 Å². The monoisotopic (exact) mass is 203 g/mol. The summed E-state index contributed by atoms with van der Waals surface area (Å²) in [6.07, 6.45) is 0. The van der Waals surface area contributed by atoms with Crippen molar-refractivity contribution in [2.24, 2.45) is 0 Å². The molecule has 0 atom stereocenters. The van der Waals surface area contributed by atoms with Gasteiger partial charge in [0.25, 0.3) is 0 Å². The van der Waals surface area contributed by atoms with Crippen molar-refractivity contribution in [3.63, 3.8) is 0 Å². The maximum atomic E-state index is 5.30. The van der Waals surface area contributed by atoms with Crippen molar-refractivity contribution in [1.29, 1.82) is 0 Å². The van der Waals surface area contributed by atoms with Gasteiger partial charge in [0.1, 0.15) is 5.75 Å². The van der Waals surface area contributed by atoms with Gasteiger partial charge in [-0.3, -0.25) is 0 Å². The minimum Gasteiger partial charge on any atom is -0.496 e. The average Bonchev–Trinajstić information content (AvgIpc) is 2.18. The Balaban J connectivity index is 3.00. The van der Waals surface area contributed by atoms with Gasteiger partial charge in [-0.2, -0.15) is 0 Å². The Labute approximate surface area is 91.6 Å². The van der Waals surface area contributed by atoms with Gasteiger partial charge >= 0.3 is 0 Å². The van der Waals surface area contributed by atoms with E-state index in [1.54, 1.807) is 7.11 Å². The zero-order chi connectivity index (χ0) is 11.3. The topological polar surface area (TPSA) is 21.3 Å². The highest BCUT2D eigenvalue weighted by atomic mass is 16.5. The molecule has 1 rings (SSSR count). The molecule has 0 radical (unpaired) electrons. The number of hydrogen-bond donors (Lipinski definition) is 1. The van der Waals surface area contributed by atoms with Crippen LogP contribution in [0.25, 0.3) is 0 Å². The lowest BCUT2D eigenvalue weighted by molar-refractivity contribution is 0.408. The summed E-state index contributed by atoms with van der Waals surface area (Å²) in [6, 6.07) is 4.10. The van der Waals surface area contributed by atoms with Gasteiger partial charge < -0.3 is 10.1 Å². The van der Waals surface area contributed by atoms with Crippen LogP contribution in [-0.4, -0.2) is 20.7 Å². The Morgan fingerprint density at radius 2 is 1.87 bits per heavy atom. The molecule has 0 saturated heterocycles. The van der Waals surface area contributed by atoms with Gasteiger partial charge in [-0.1, -0.05) is 11.8 Å². The second kappa shape index (κ2) is 5.43. The highest BCUT2D eigenvalue weighted by Gasteiger charge is 2.03. The lowest BCUT2D eigenvalue weighted by atomic mass is 10.1. The number of hydrogen-bond acceptors (Lipinski definition) is 2. The molecule has 1 aromatic rings. The molecule has 0 aromatic heterocycles. The van der Waals surface area contributed by atoms with Crippen LogP contribution < -0.4 is 10.1 Å². The highest BCUT2D eigenvalue weighted by molar-refractivity contribution is 5.48. The van der Waals surface area contributed by atoms with E-state index in [1.807, 2.05) is 20.9 Å². The van der Waals surface area contributed by atoms with Crippen molar-refractivity contribution in [2.75, 3.05) is 20.7 Å². The summed E-state index contributed by atoms with van der Waals surface area (Å²) in [5.41, 5.74) is 3.30. The van der Waals surface area contributed by atoms with Crippen LogP contribution in [0.2, 0.25) is 0 Å². The van der Waals surface area contributed by atoms with Crippen LogP contribution in [-0.2, 0) is 0 Å². The molecule has 1 N–H and O–H groups in total. The van der Waals surface area contributed by atoms with Gasteiger partial charge in [0, 0.05) is 5.56 Å². The molecule has 0 unspecified atom stereocenters. The first kappa shape index (κ1) is 11.6. The number of aryl methyl sites for hydroxylation is 2. The molecular weight excluding hydrogens is 186 g/mol. The van der Waals surface area contributed by atoms with Crippen molar-refractivity contribution in [3.8, 4) is 17.6 Å². The van der Waals surface area contributed by atoms with Gasteiger partial charge in [0.05, 0.1) is 13.7 Å². The van der Waals surface area contributed by atoms with Crippen LogP contribution >= 0.6 is 0 Å². The predicted octanol–water partition coefficient (Wildman–Crippen LogP) is 1.88. The van der Waals surface area contributed by atoms with Crippen LogP contribution in [0.5, 0.6) is 5.75 Å². The first-order valence-corrected chi connectivity index (χ1v) is 4.97. The van der Waals surface area contributed by atoms with Crippen LogP contribution in [0.1, 0.15) is 16.7 Å². The summed E-state index contributed by atoms with van der Waals surface area (Å²) in [6.45, 7) is 4.79. The fraction of sp³-hybridized carbons (Fsp3) is 0.385. The second-order valence-electron chi connectivity index (χ2n) is 3.48. The highest BCUT2D eigenvalue weighted by Crippen LogP contribution is 2.23. The zero-order valence-electron chi connectivity index (χ0n) is 9.77. The van der Waals surface area contributed by atoms with Gasteiger partial charge in [-0.15, -0.1) is 0 Å². The molecule has 0 aliphatic heterocycles. The van der Waals surface area contributed by atoms with Crippen molar-refractivity contribution in [1.82, 2.24) is 5.32 Å². The smallest absolute Gasteiger partial charge is 0.124 e. The molecule has 0 heterocycles. The lowest BCUT2D eigenvalue weighted by Gasteiger charge is -2.08. The lowest BCUT2D eigenvalue weighted by Crippen LogP contribution is -2.04. The minimum atomic E-state index is 0.712. The Kier molecular flexibility index (Phi) is 4.20. The summed E-state index contributed by atoms with van der Waals surface area (Å²) in [5.74, 6) is 7.10. The number of ether oxygens (including phenoxy) is 1. The number of methoxy groups -OCH3 is 1. The molecule has 0 fully saturated rings. The van der Waals surface area contributed by atoms with Gasteiger partial charge in [-0.25, -0.2) is 0 Å². The number of nitrogens with one attached hydrogen (secondary N) is 1. The molecular formula is C13H17NO. The third-order valence-corrected chi connectivity index (χ3v) is 2.16. The second-order valence-corrected chi connectivity index (χ2v) is 3.48. The first-order chi connectivity index (χ1) is 7.19. The molecule has 0 spiro atoms. The first-order valence-electron chi connectivity index (χ1n) is 4.97. The quantitative estimate of drug-likeness (QED) is 0.741. The standard InChI is InChI=1S/C13H17NO/c1-10-8-12(6-5-7-14-3)9-11(2)13(10)15-4/h8-9,14H,7H2,1-4H3. The molecule has 2 heteroatoms. The summed E-state index contributed by atoms with van der Waals surface area (Å²) in [4.78, 5) is 0. The molecule has 0 amide bonds. The largest absolute Gasteiger partial charge is 0.496 e. The van der Waals surface area contributed by atoms with E-state index in [2.05, 4.69) is 29.3 Å². The van der Waals surface area contributed by atoms with Gasteiger partial charge in [0.15, 0.2) is 0 Å². The van der Waals surface area contributed by atoms with Gasteiger partial charge in [-0.05, 0) is 44.2 Å². The minimum absolute atomic E-state index is 0.712. The van der Waals surface area contributed by atoms with E-state index in [0.717, 1.165) is 22.4 Å². The van der Waals surface area contributed by atoms with Crippen molar-refractivity contribution < 1.29 is 4.74 Å². The van der Waals surface area contributed by atoms with E-state index in [-0.39, 0.29) is 0 Å². The summed E-state index contributed by atoms with van der Waals surface area (Å²) in [5, 5.41) is 2.99. The van der Waals surface area contributed by atoms with E-state index in [9.17, 15) is 0 Å². The molecule has 2 nitrogen and oxygen atoms in total. The Bertz CT molecular complexity index is 376. The van der Waals surface area contributed by atoms with E-state index in [4.69, 9.17) is 4.74 Å². The summed E-state index contributed by atoms with van der Waals surface area (Å²) >= 11 is 0. The number of rotatable bonds is 2. The SMILES string of the molecule is CNCC#Cc1cc(C)c(OC)c(C)c1. The Morgan fingerprint density at radius 3 is 2.33 bits per heavy atom. The van der Waals surface area contributed by atoms with Crippen molar-refractivity contribution in [3.05, 3.63) is 28.8 Å². The summed E-state index contributed by atoms with van der Waals surface area (Å²) < 4.78 is 5.30. The van der Waals surface area contributed by atoms with Crippen LogP contribution in [0.15, 0.2) is 12.1 Å². The fourth-order valence-electron chi connectivity index (χ4n) is 1.58. The predicted molar refractivity (Wildman–Crippen MR) is 63.3 cm³/mol. The Hall–Kier alpha value is -1.46. The van der Waals surface area contributed by atoms with Crippen molar-refractivity contribution in [2.45, 2.75) is 13.8 Å². The van der Waals surface area contributed by atoms with E-state index >= 15 is 0 Å².